The van der Waals surface area contributed by atoms with Crippen molar-refractivity contribution in [3.05, 3.63) is 53.5 Å². The second-order valence-electron chi connectivity index (χ2n) is 7.07. The number of pyridine rings is 2. The summed E-state index contributed by atoms with van der Waals surface area (Å²) in [6.07, 6.45) is 4.48. The molecule has 31 heavy (non-hydrogen) atoms. The SMILES string of the molecule is COc1ccc(-c2noc(C)c2COc2ccc(C(=O)N[C@@H](C)CCCO)cn2)cn1. The molecule has 3 heterocycles. The lowest BCUT2D eigenvalue weighted by Gasteiger charge is -2.13. The molecule has 0 aliphatic carbocycles. The second kappa shape index (κ2) is 10.5. The molecular formula is C22H26N4O5. The van der Waals surface area contributed by atoms with E-state index >= 15 is 0 Å². The van der Waals surface area contributed by atoms with Crippen LogP contribution in [0.25, 0.3) is 11.3 Å². The van der Waals surface area contributed by atoms with Crippen molar-refractivity contribution in [3.63, 3.8) is 0 Å². The molecule has 0 saturated heterocycles. The molecule has 0 aliphatic rings. The van der Waals surface area contributed by atoms with E-state index in [2.05, 4.69) is 20.4 Å². The zero-order valence-electron chi connectivity index (χ0n) is 17.8. The Labute approximate surface area is 180 Å². The number of methoxy groups -OCH3 is 1. The Morgan fingerprint density at radius 2 is 1.97 bits per heavy atom. The normalized spacial score (nSPS) is 11.7. The molecule has 0 spiro atoms. The maximum Gasteiger partial charge on any atom is 0.253 e. The molecule has 0 bridgehead atoms. The molecular weight excluding hydrogens is 400 g/mol. The smallest absolute Gasteiger partial charge is 0.253 e. The zero-order valence-corrected chi connectivity index (χ0v) is 17.8. The number of nitrogens with zero attached hydrogens (tertiary/aromatic N) is 3. The van der Waals surface area contributed by atoms with Crippen molar-refractivity contribution in [2.75, 3.05) is 13.7 Å². The molecule has 9 heteroatoms. The van der Waals surface area contributed by atoms with Gasteiger partial charge in [0.2, 0.25) is 11.8 Å². The van der Waals surface area contributed by atoms with Crippen LogP contribution in [0.2, 0.25) is 0 Å². The monoisotopic (exact) mass is 426 g/mol. The molecule has 9 nitrogen and oxygen atoms in total. The van der Waals surface area contributed by atoms with Crippen LogP contribution in [0.1, 0.15) is 41.4 Å². The molecule has 0 fully saturated rings. The molecule has 0 saturated carbocycles. The average Bonchev–Trinajstić information content (AvgIpc) is 3.16. The van der Waals surface area contributed by atoms with E-state index in [1.54, 1.807) is 31.5 Å². The number of ether oxygens (including phenoxy) is 2. The largest absolute Gasteiger partial charge is 0.481 e. The van der Waals surface area contributed by atoms with E-state index in [0.29, 0.717) is 41.6 Å². The van der Waals surface area contributed by atoms with Gasteiger partial charge in [-0.1, -0.05) is 5.16 Å². The third-order valence-corrected chi connectivity index (χ3v) is 4.74. The summed E-state index contributed by atoms with van der Waals surface area (Å²) in [6.45, 7) is 4.02. The van der Waals surface area contributed by atoms with Gasteiger partial charge < -0.3 is 24.4 Å². The third kappa shape index (κ3) is 5.79. The van der Waals surface area contributed by atoms with E-state index in [1.807, 2.05) is 19.9 Å². The van der Waals surface area contributed by atoms with E-state index in [0.717, 1.165) is 11.1 Å². The quantitative estimate of drug-likeness (QED) is 0.508. The van der Waals surface area contributed by atoms with Gasteiger partial charge in [-0.05, 0) is 38.8 Å². The molecule has 0 unspecified atom stereocenters. The van der Waals surface area contributed by atoms with Crippen LogP contribution in [0.3, 0.4) is 0 Å². The standard InChI is InChI=1S/C22H26N4O5/c1-14(5-4-10-27)25-22(28)17-7-9-20(24-12-17)30-13-18-15(2)31-26-21(18)16-6-8-19(29-3)23-11-16/h6-9,11-12,14,27H,4-5,10,13H2,1-3H3,(H,25,28)/t14-/m0/s1. The first-order chi connectivity index (χ1) is 15.0. The summed E-state index contributed by atoms with van der Waals surface area (Å²) in [5, 5.41) is 15.9. The van der Waals surface area contributed by atoms with Crippen molar-refractivity contribution in [2.45, 2.75) is 39.3 Å². The highest BCUT2D eigenvalue weighted by Crippen LogP contribution is 2.26. The van der Waals surface area contributed by atoms with E-state index in [-0.39, 0.29) is 25.2 Å². The fraction of sp³-hybridized carbons (Fsp3) is 0.364. The van der Waals surface area contributed by atoms with Crippen LogP contribution in [-0.2, 0) is 6.61 Å². The van der Waals surface area contributed by atoms with Gasteiger partial charge in [0.25, 0.3) is 5.91 Å². The molecule has 3 aromatic rings. The number of aryl methyl sites for hydroxylation is 1. The maximum atomic E-state index is 12.3. The lowest BCUT2D eigenvalue weighted by Crippen LogP contribution is -2.32. The van der Waals surface area contributed by atoms with Gasteiger partial charge >= 0.3 is 0 Å². The minimum absolute atomic E-state index is 0.0296. The van der Waals surface area contributed by atoms with Gasteiger partial charge in [-0.25, -0.2) is 9.97 Å². The number of carbonyl (C=O) groups excluding carboxylic acids is 1. The van der Waals surface area contributed by atoms with Gasteiger partial charge in [0, 0.05) is 42.7 Å². The van der Waals surface area contributed by atoms with Crippen molar-refractivity contribution < 1.29 is 23.9 Å². The van der Waals surface area contributed by atoms with Gasteiger partial charge in [0.15, 0.2) is 0 Å². The van der Waals surface area contributed by atoms with Crippen molar-refractivity contribution in [1.29, 1.82) is 0 Å². The Morgan fingerprint density at radius 1 is 1.19 bits per heavy atom. The molecule has 3 aromatic heterocycles. The Morgan fingerprint density at radius 3 is 2.61 bits per heavy atom. The van der Waals surface area contributed by atoms with Crippen molar-refractivity contribution in [1.82, 2.24) is 20.4 Å². The van der Waals surface area contributed by atoms with Crippen molar-refractivity contribution in [2.24, 2.45) is 0 Å². The van der Waals surface area contributed by atoms with Crippen LogP contribution < -0.4 is 14.8 Å². The molecule has 0 aromatic carbocycles. The van der Waals surface area contributed by atoms with E-state index in [1.165, 1.54) is 6.20 Å². The van der Waals surface area contributed by atoms with Crippen LogP contribution in [-0.4, -0.2) is 45.9 Å². The number of hydrogen-bond donors (Lipinski definition) is 2. The molecule has 164 valence electrons. The fourth-order valence-corrected chi connectivity index (χ4v) is 2.95. The van der Waals surface area contributed by atoms with Gasteiger partial charge in [-0.15, -0.1) is 0 Å². The Kier molecular flexibility index (Phi) is 7.55. The molecule has 1 atom stereocenters. The van der Waals surface area contributed by atoms with E-state index < -0.39 is 0 Å². The minimum Gasteiger partial charge on any atom is -0.481 e. The van der Waals surface area contributed by atoms with E-state index in [4.69, 9.17) is 19.1 Å². The van der Waals surface area contributed by atoms with Gasteiger partial charge in [0.1, 0.15) is 18.1 Å². The number of amides is 1. The van der Waals surface area contributed by atoms with Crippen molar-refractivity contribution in [3.8, 4) is 23.0 Å². The summed E-state index contributed by atoms with van der Waals surface area (Å²) in [4.78, 5) is 20.7. The first-order valence-corrected chi connectivity index (χ1v) is 9.98. The molecule has 2 N–H and O–H groups in total. The highest BCUT2D eigenvalue weighted by atomic mass is 16.5. The Balaban J connectivity index is 1.63. The summed E-state index contributed by atoms with van der Waals surface area (Å²) in [6, 6.07) is 6.87. The Bertz CT molecular complexity index is 986. The molecule has 0 radical (unpaired) electrons. The highest BCUT2D eigenvalue weighted by molar-refractivity contribution is 5.94. The van der Waals surface area contributed by atoms with Crippen LogP contribution >= 0.6 is 0 Å². The lowest BCUT2D eigenvalue weighted by atomic mass is 10.1. The second-order valence-corrected chi connectivity index (χ2v) is 7.07. The van der Waals surface area contributed by atoms with Crippen molar-refractivity contribution >= 4 is 5.91 Å². The number of aliphatic hydroxyl groups excluding tert-OH is 1. The number of carbonyl (C=O) groups is 1. The fourth-order valence-electron chi connectivity index (χ4n) is 2.95. The Hall–Kier alpha value is -3.46. The number of aromatic nitrogens is 3. The first-order valence-electron chi connectivity index (χ1n) is 9.98. The summed E-state index contributed by atoms with van der Waals surface area (Å²) in [7, 11) is 1.56. The lowest BCUT2D eigenvalue weighted by molar-refractivity contribution is 0.0936. The number of aliphatic hydroxyl groups is 1. The summed E-state index contributed by atoms with van der Waals surface area (Å²) < 4.78 is 16.2. The van der Waals surface area contributed by atoms with Crippen LogP contribution in [0, 0.1) is 6.92 Å². The predicted molar refractivity (Wildman–Crippen MR) is 113 cm³/mol. The van der Waals surface area contributed by atoms with Gasteiger partial charge in [0.05, 0.1) is 18.2 Å². The summed E-state index contributed by atoms with van der Waals surface area (Å²) in [5.74, 6) is 1.31. The molecule has 3 rings (SSSR count). The first kappa shape index (κ1) is 22.2. The highest BCUT2D eigenvalue weighted by Gasteiger charge is 2.17. The minimum atomic E-state index is -0.214. The topological polar surface area (TPSA) is 120 Å². The number of hydrogen-bond acceptors (Lipinski definition) is 8. The molecule has 1 amide bonds. The number of rotatable bonds is 10. The van der Waals surface area contributed by atoms with E-state index in [9.17, 15) is 4.79 Å². The van der Waals surface area contributed by atoms with Crippen LogP contribution in [0.4, 0.5) is 0 Å². The zero-order chi connectivity index (χ0) is 22.2. The molecule has 0 aliphatic heterocycles. The maximum absolute atomic E-state index is 12.3. The average molecular weight is 426 g/mol. The summed E-state index contributed by atoms with van der Waals surface area (Å²) >= 11 is 0. The van der Waals surface area contributed by atoms with Gasteiger partial charge in [-0.2, -0.15) is 0 Å². The van der Waals surface area contributed by atoms with Crippen LogP contribution in [0.5, 0.6) is 11.8 Å². The van der Waals surface area contributed by atoms with Gasteiger partial charge in [-0.3, -0.25) is 4.79 Å². The summed E-state index contributed by atoms with van der Waals surface area (Å²) in [5.41, 5.74) is 2.65. The van der Waals surface area contributed by atoms with Crippen LogP contribution in [0.15, 0.2) is 41.2 Å². The predicted octanol–water partition coefficient (Wildman–Crippen LogP) is 2.92. The number of nitrogens with one attached hydrogen (secondary N) is 1. The third-order valence-electron chi connectivity index (χ3n) is 4.74.